The number of thiazole rings is 1. The van der Waals surface area contributed by atoms with Crippen LogP contribution < -0.4 is 10.6 Å². The Balaban J connectivity index is 1.42. The van der Waals surface area contributed by atoms with Gasteiger partial charge in [0.05, 0.1) is 6.26 Å². The predicted octanol–water partition coefficient (Wildman–Crippen LogP) is 3.76. The van der Waals surface area contributed by atoms with Gasteiger partial charge in [0.15, 0.2) is 5.13 Å². The number of aromatic nitrogens is 1. The molecule has 6 nitrogen and oxygen atoms in total. The molecule has 2 heterocycles. The molecule has 3 aromatic rings. The molecule has 29 heavy (non-hydrogen) atoms. The van der Waals surface area contributed by atoms with Crippen LogP contribution in [0.3, 0.4) is 0 Å². The van der Waals surface area contributed by atoms with E-state index < -0.39 is 11.6 Å². The number of hydrogen-bond donors (Lipinski definition) is 2. The Hall–Kier alpha value is -3.33. The van der Waals surface area contributed by atoms with Gasteiger partial charge in [0.1, 0.15) is 17.4 Å². The van der Waals surface area contributed by atoms with Crippen LogP contribution in [-0.2, 0) is 16.0 Å². The zero-order chi connectivity index (χ0) is 20.6. The summed E-state index contributed by atoms with van der Waals surface area (Å²) in [5.74, 6) is -1.35. The van der Waals surface area contributed by atoms with Crippen LogP contribution in [0.4, 0.5) is 13.9 Å². The first kappa shape index (κ1) is 20.4. The van der Waals surface area contributed by atoms with Gasteiger partial charge in [-0.1, -0.05) is 6.07 Å². The number of benzene rings is 1. The number of furan rings is 1. The average Bonchev–Trinajstić information content (AvgIpc) is 3.34. The minimum atomic E-state index is -0.632. The smallest absolute Gasteiger partial charge is 0.244 e. The normalized spacial score (nSPS) is 11.0. The van der Waals surface area contributed by atoms with E-state index in [9.17, 15) is 18.4 Å². The van der Waals surface area contributed by atoms with E-state index in [-0.39, 0.29) is 31.2 Å². The van der Waals surface area contributed by atoms with Crippen LogP contribution in [0.2, 0.25) is 0 Å². The van der Waals surface area contributed by atoms with Gasteiger partial charge in [-0.25, -0.2) is 13.8 Å². The summed E-state index contributed by atoms with van der Waals surface area (Å²) in [6.07, 6.45) is 6.20. The molecule has 0 fully saturated rings. The average molecular weight is 417 g/mol. The summed E-state index contributed by atoms with van der Waals surface area (Å²) >= 11 is 1.20. The maximum atomic E-state index is 13.7. The first-order valence-electron chi connectivity index (χ1n) is 8.67. The Morgan fingerprint density at radius 2 is 2.10 bits per heavy atom. The minimum Gasteiger partial charge on any atom is -0.465 e. The summed E-state index contributed by atoms with van der Waals surface area (Å²) in [5, 5.41) is 5.60. The number of rotatable bonds is 8. The monoisotopic (exact) mass is 417 g/mol. The molecule has 0 saturated heterocycles. The molecular weight excluding hydrogens is 400 g/mol. The molecule has 2 aromatic heterocycles. The van der Waals surface area contributed by atoms with Crippen molar-refractivity contribution in [1.29, 1.82) is 0 Å². The topological polar surface area (TPSA) is 84.2 Å². The number of carbonyl (C=O) groups is 2. The molecule has 0 aliphatic heterocycles. The summed E-state index contributed by atoms with van der Waals surface area (Å²) in [7, 11) is 0. The summed E-state index contributed by atoms with van der Waals surface area (Å²) in [4.78, 5) is 28.4. The van der Waals surface area contributed by atoms with E-state index in [1.807, 2.05) is 0 Å². The molecule has 0 aliphatic rings. The number of amides is 2. The number of halogens is 2. The number of anilines is 1. The predicted molar refractivity (Wildman–Crippen MR) is 105 cm³/mol. The molecule has 0 unspecified atom stereocenters. The molecule has 9 heteroatoms. The van der Waals surface area contributed by atoms with Crippen molar-refractivity contribution in [3.05, 3.63) is 76.7 Å². The zero-order valence-electron chi connectivity index (χ0n) is 15.2. The molecule has 0 atom stereocenters. The van der Waals surface area contributed by atoms with Gasteiger partial charge in [-0.05, 0) is 29.8 Å². The van der Waals surface area contributed by atoms with Gasteiger partial charge >= 0.3 is 0 Å². The standard InChI is InChI=1S/C20H17F2N3O3S/c21-14-4-3-13(17(22)11-14)10-16-12-24-20(29-16)25-19(27)7-8-23-18(26)6-5-15-2-1-9-28-15/h1-6,9,11-12H,7-8,10H2,(H,23,26)(H,24,25,27)/b6-5+. The second-order valence-corrected chi connectivity index (χ2v) is 7.10. The van der Waals surface area contributed by atoms with E-state index in [0.717, 1.165) is 10.9 Å². The maximum Gasteiger partial charge on any atom is 0.244 e. The van der Waals surface area contributed by atoms with Crippen molar-refractivity contribution < 1.29 is 22.8 Å². The van der Waals surface area contributed by atoms with Crippen LogP contribution in [0, 0.1) is 11.6 Å². The third-order valence-corrected chi connectivity index (χ3v) is 4.69. The quantitative estimate of drug-likeness (QED) is 0.547. The first-order chi connectivity index (χ1) is 14.0. The highest BCUT2D eigenvalue weighted by Gasteiger charge is 2.10. The highest BCUT2D eigenvalue weighted by molar-refractivity contribution is 7.15. The second kappa shape index (κ2) is 9.74. The van der Waals surface area contributed by atoms with E-state index in [1.54, 1.807) is 12.1 Å². The number of nitrogens with one attached hydrogen (secondary N) is 2. The fourth-order valence-corrected chi connectivity index (χ4v) is 3.24. The lowest BCUT2D eigenvalue weighted by Gasteiger charge is -2.03. The van der Waals surface area contributed by atoms with Crippen molar-refractivity contribution in [1.82, 2.24) is 10.3 Å². The molecule has 3 rings (SSSR count). The molecule has 1 aromatic carbocycles. The fraction of sp³-hybridized carbons (Fsp3) is 0.150. The van der Waals surface area contributed by atoms with Crippen LogP contribution in [0.1, 0.15) is 22.6 Å². The molecule has 0 spiro atoms. The van der Waals surface area contributed by atoms with Crippen LogP contribution >= 0.6 is 11.3 Å². The first-order valence-corrected chi connectivity index (χ1v) is 9.49. The highest BCUT2D eigenvalue weighted by atomic mass is 32.1. The zero-order valence-corrected chi connectivity index (χ0v) is 16.0. The maximum absolute atomic E-state index is 13.7. The Labute approximate surface area is 169 Å². The second-order valence-electron chi connectivity index (χ2n) is 5.98. The minimum absolute atomic E-state index is 0.0713. The van der Waals surface area contributed by atoms with Gasteiger partial charge < -0.3 is 15.1 Å². The molecule has 2 N–H and O–H groups in total. The van der Waals surface area contributed by atoms with Crippen molar-refractivity contribution in [2.45, 2.75) is 12.8 Å². The van der Waals surface area contributed by atoms with Gasteiger partial charge in [-0.2, -0.15) is 0 Å². The summed E-state index contributed by atoms with van der Waals surface area (Å²) < 4.78 is 31.8. The lowest BCUT2D eigenvalue weighted by molar-refractivity contribution is -0.117. The van der Waals surface area contributed by atoms with Crippen LogP contribution in [0.5, 0.6) is 0 Å². The van der Waals surface area contributed by atoms with Crippen molar-refractivity contribution >= 4 is 34.4 Å². The van der Waals surface area contributed by atoms with E-state index in [1.165, 1.54) is 48.1 Å². The van der Waals surface area contributed by atoms with Gasteiger partial charge in [0, 0.05) is 42.6 Å². The van der Waals surface area contributed by atoms with Crippen molar-refractivity contribution in [2.75, 3.05) is 11.9 Å². The Bertz CT molecular complexity index is 1020. The van der Waals surface area contributed by atoms with E-state index in [0.29, 0.717) is 16.5 Å². The number of hydrogen-bond acceptors (Lipinski definition) is 5. The van der Waals surface area contributed by atoms with Crippen LogP contribution in [0.15, 0.2) is 53.3 Å². The Kier molecular flexibility index (Phi) is 6.85. The molecule has 0 saturated carbocycles. The van der Waals surface area contributed by atoms with Crippen molar-refractivity contribution in [3.8, 4) is 0 Å². The fourth-order valence-electron chi connectivity index (χ4n) is 2.38. The number of carbonyl (C=O) groups excluding carboxylic acids is 2. The molecule has 0 aliphatic carbocycles. The molecule has 150 valence electrons. The van der Waals surface area contributed by atoms with Crippen molar-refractivity contribution in [2.24, 2.45) is 0 Å². The largest absolute Gasteiger partial charge is 0.465 e. The molecule has 0 radical (unpaired) electrons. The SMILES string of the molecule is O=C(/C=C/c1ccco1)NCCC(=O)Nc1ncc(Cc2ccc(F)cc2F)s1. The van der Waals surface area contributed by atoms with E-state index in [4.69, 9.17) is 4.42 Å². The summed E-state index contributed by atoms with van der Waals surface area (Å²) in [6.45, 7) is 0.159. The van der Waals surface area contributed by atoms with Gasteiger partial charge in [0.2, 0.25) is 11.8 Å². The van der Waals surface area contributed by atoms with E-state index in [2.05, 4.69) is 15.6 Å². The Morgan fingerprint density at radius 1 is 1.24 bits per heavy atom. The van der Waals surface area contributed by atoms with Gasteiger partial charge in [0.25, 0.3) is 0 Å². The Morgan fingerprint density at radius 3 is 2.86 bits per heavy atom. The number of nitrogens with zero attached hydrogens (tertiary/aromatic N) is 1. The van der Waals surface area contributed by atoms with Crippen LogP contribution in [-0.4, -0.2) is 23.3 Å². The van der Waals surface area contributed by atoms with Crippen LogP contribution in [0.25, 0.3) is 6.08 Å². The molecule has 0 bridgehead atoms. The summed E-state index contributed by atoms with van der Waals surface area (Å²) in [6, 6.07) is 6.83. The summed E-state index contributed by atoms with van der Waals surface area (Å²) in [5.41, 5.74) is 0.346. The lowest BCUT2D eigenvalue weighted by Crippen LogP contribution is -2.26. The van der Waals surface area contributed by atoms with Crippen molar-refractivity contribution in [3.63, 3.8) is 0 Å². The third kappa shape index (κ3) is 6.35. The van der Waals surface area contributed by atoms with Gasteiger partial charge in [-0.15, -0.1) is 11.3 Å². The molecular formula is C20H17F2N3O3S. The highest BCUT2D eigenvalue weighted by Crippen LogP contribution is 2.22. The van der Waals surface area contributed by atoms with Gasteiger partial charge in [-0.3, -0.25) is 9.59 Å². The third-order valence-electron chi connectivity index (χ3n) is 3.77. The van der Waals surface area contributed by atoms with E-state index >= 15 is 0 Å². The lowest BCUT2D eigenvalue weighted by atomic mass is 10.1. The molecule has 2 amide bonds.